The first-order valence-electron chi connectivity index (χ1n) is 11.2. The fourth-order valence-corrected chi connectivity index (χ4v) is 4.01. The molecule has 4 atom stereocenters. The summed E-state index contributed by atoms with van der Waals surface area (Å²) in [7, 11) is 0. The van der Waals surface area contributed by atoms with Crippen LogP contribution in [0.5, 0.6) is 0 Å². The van der Waals surface area contributed by atoms with E-state index in [9.17, 15) is 14.7 Å². The highest BCUT2D eigenvalue weighted by Gasteiger charge is 2.36. The minimum atomic E-state index is -1.05. The number of rotatable bonds is 11. The molecule has 1 aromatic rings. The fraction of sp³-hybridized carbons (Fsp3) is 0.583. The predicted molar refractivity (Wildman–Crippen MR) is 123 cm³/mol. The Morgan fingerprint density at radius 1 is 1.35 bits per heavy atom. The van der Waals surface area contributed by atoms with Gasteiger partial charge in [0.1, 0.15) is 6.23 Å². The largest absolute Gasteiger partial charge is 0.377 e. The summed E-state index contributed by atoms with van der Waals surface area (Å²) in [6.07, 6.45) is 2.95. The Morgan fingerprint density at radius 2 is 2.03 bits per heavy atom. The highest BCUT2D eigenvalue weighted by Crippen LogP contribution is 2.22. The second kappa shape index (κ2) is 12.0. The third-order valence-electron chi connectivity index (χ3n) is 5.97. The molecule has 4 N–H and O–H groups in total. The van der Waals surface area contributed by atoms with Crippen molar-refractivity contribution in [2.75, 3.05) is 19.6 Å². The topological polar surface area (TPSA) is 98.9 Å². The predicted octanol–water partition coefficient (Wildman–Crippen LogP) is 1.51. The average Bonchev–Trinajstić information content (AvgIpc) is 3.22. The first-order valence-corrected chi connectivity index (χ1v) is 11.2. The molecule has 1 saturated heterocycles. The van der Waals surface area contributed by atoms with Crippen LogP contribution in [-0.2, 0) is 16.0 Å². The van der Waals surface area contributed by atoms with E-state index in [2.05, 4.69) is 24.0 Å². The van der Waals surface area contributed by atoms with Crippen molar-refractivity contribution in [3.63, 3.8) is 0 Å². The normalized spacial score (nSPS) is 19.2. The van der Waals surface area contributed by atoms with E-state index in [1.54, 1.807) is 6.92 Å². The third-order valence-corrected chi connectivity index (χ3v) is 5.97. The number of nitrogens with one attached hydrogen (secondary N) is 1. The molecular formula is C24H38N4O3. The average molecular weight is 431 g/mol. The van der Waals surface area contributed by atoms with Crippen LogP contribution in [0.25, 0.3) is 0 Å². The molecule has 1 aliphatic rings. The number of aliphatic hydroxyl groups is 1. The summed E-state index contributed by atoms with van der Waals surface area (Å²) < 4.78 is 0. The molecule has 0 radical (unpaired) electrons. The van der Waals surface area contributed by atoms with E-state index in [1.807, 2.05) is 41.8 Å². The van der Waals surface area contributed by atoms with Gasteiger partial charge >= 0.3 is 0 Å². The number of nitrogens with zero attached hydrogens (tertiary/aromatic N) is 2. The van der Waals surface area contributed by atoms with E-state index in [-0.39, 0.29) is 23.8 Å². The monoisotopic (exact) mass is 430 g/mol. The van der Waals surface area contributed by atoms with Crippen molar-refractivity contribution in [1.29, 1.82) is 0 Å². The van der Waals surface area contributed by atoms with E-state index in [0.717, 1.165) is 19.3 Å². The summed E-state index contributed by atoms with van der Waals surface area (Å²) in [5.74, 6) is -0.0667. The molecule has 7 heteroatoms. The van der Waals surface area contributed by atoms with E-state index in [0.29, 0.717) is 19.6 Å². The summed E-state index contributed by atoms with van der Waals surface area (Å²) in [5, 5.41) is 13.2. The van der Waals surface area contributed by atoms with Crippen molar-refractivity contribution in [1.82, 2.24) is 15.1 Å². The summed E-state index contributed by atoms with van der Waals surface area (Å²) in [4.78, 5) is 29.3. The van der Waals surface area contributed by atoms with Crippen molar-refractivity contribution in [2.24, 2.45) is 11.7 Å². The van der Waals surface area contributed by atoms with Crippen LogP contribution in [0.1, 0.15) is 39.2 Å². The zero-order valence-electron chi connectivity index (χ0n) is 19.0. The van der Waals surface area contributed by atoms with Crippen LogP contribution in [0.2, 0.25) is 0 Å². The number of nitrogens with two attached hydrogens (primary N) is 1. The van der Waals surface area contributed by atoms with Crippen LogP contribution in [0.15, 0.2) is 43.0 Å². The number of likely N-dealkylation sites (tertiary alicyclic amines) is 1. The van der Waals surface area contributed by atoms with Gasteiger partial charge in [0.15, 0.2) is 0 Å². The summed E-state index contributed by atoms with van der Waals surface area (Å²) in [5.41, 5.74) is 7.01. The third kappa shape index (κ3) is 7.16. The van der Waals surface area contributed by atoms with Crippen molar-refractivity contribution in [3.8, 4) is 0 Å². The maximum absolute atomic E-state index is 13.4. The molecule has 1 heterocycles. The Balaban J connectivity index is 2.05. The molecule has 31 heavy (non-hydrogen) atoms. The Kier molecular flexibility index (Phi) is 9.68. The molecule has 172 valence electrons. The van der Waals surface area contributed by atoms with Gasteiger partial charge in [-0.1, -0.05) is 50.3 Å². The molecule has 1 aromatic carbocycles. The lowest BCUT2D eigenvalue weighted by atomic mass is 10.0. The number of carbonyl (C=O) groups excluding carboxylic acids is 2. The lowest BCUT2D eigenvalue weighted by molar-refractivity contribution is -0.139. The molecular weight excluding hydrogens is 392 g/mol. The zero-order chi connectivity index (χ0) is 23.0. The van der Waals surface area contributed by atoms with Gasteiger partial charge in [-0.05, 0) is 30.7 Å². The van der Waals surface area contributed by atoms with E-state index < -0.39 is 18.3 Å². The molecule has 0 spiro atoms. The van der Waals surface area contributed by atoms with Gasteiger partial charge in [0.25, 0.3) is 0 Å². The number of hydrogen-bond donors (Lipinski definition) is 3. The number of amides is 2. The summed E-state index contributed by atoms with van der Waals surface area (Å²) in [6.45, 7) is 10.9. The molecule has 1 aliphatic heterocycles. The van der Waals surface area contributed by atoms with Gasteiger partial charge in [-0.2, -0.15) is 0 Å². The van der Waals surface area contributed by atoms with Gasteiger partial charge < -0.3 is 20.6 Å². The van der Waals surface area contributed by atoms with E-state index >= 15 is 0 Å². The highest BCUT2D eigenvalue weighted by molar-refractivity contribution is 5.83. The SMILES string of the molecule is C=C[C@H](N)C(O)N[C@H](C(=O)N1CCC[C@H]1CN(CCc1ccccc1)C(C)=O)C(C)C. The van der Waals surface area contributed by atoms with Gasteiger partial charge in [0.2, 0.25) is 11.8 Å². The standard InChI is InChI=1S/C24H38N4O3/c1-5-21(25)23(30)26-22(17(2)3)24(31)28-14-9-12-20(28)16-27(18(4)29)15-13-19-10-7-6-8-11-19/h5-8,10-11,17,20-23,26,30H,1,9,12-16,25H2,2-4H3/t20-,21-,22-,23?/m0/s1. The Labute approximate surface area is 186 Å². The van der Waals surface area contributed by atoms with Crippen LogP contribution < -0.4 is 11.1 Å². The molecule has 0 aliphatic carbocycles. The maximum atomic E-state index is 13.4. The molecule has 0 saturated carbocycles. The number of benzene rings is 1. The number of hydrogen-bond acceptors (Lipinski definition) is 5. The minimum Gasteiger partial charge on any atom is -0.377 e. The Hall–Kier alpha value is -2.22. The molecule has 2 rings (SSSR count). The van der Waals surface area contributed by atoms with Crippen LogP contribution in [0.4, 0.5) is 0 Å². The quantitative estimate of drug-likeness (QED) is 0.365. The lowest BCUT2D eigenvalue weighted by Crippen LogP contribution is -2.58. The molecule has 7 nitrogen and oxygen atoms in total. The summed E-state index contributed by atoms with van der Waals surface area (Å²) in [6, 6.07) is 8.84. The molecule has 1 unspecified atom stereocenters. The second-order valence-electron chi connectivity index (χ2n) is 8.67. The first kappa shape index (κ1) is 25.0. The Bertz CT molecular complexity index is 725. The van der Waals surface area contributed by atoms with E-state index in [4.69, 9.17) is 5.73 Å². The maximum Gasteiger partial charge on any atom is 0.240 e. The Morgan fingerprint density at radius 3 is 2.61 bits per heavy atom. The van der Waals surface area contributed by atoms with Crippen molar-refractivity contribution < 1.29 is 14.7 Å². The van der Waals surface area contributed by atoms with Crippen LogP contribution in [-0.4, -0.2) is 70.7 Å². The van der Waals surface area contributed by atoms with Crippen LogP contribution >= 0.6 is 0 Å². The fourth-order valence-electron chi connectivity index (χ4n) is 4.01. The van der Waals surface area contributed by atoms with Gasteiger partial charge in [0, 0.05) is 32.6 Å². The van der Waals surface area contributed by atoms with Crippen molar-refractivity contribution in [2.45, 2.75) is 64.4 Å². The first-order chi connectivity index (χ1) is 14.7. The second-order valence-corrected chi connectivity index (χ2v) is 8.67. The highest BCUT2D eigenvalue weighted by atomic mass is 16.3. The minimum absolute atomic E-state index is 0.0149. The van der Waals surface area contributed by atoms with Gasteiger partial charge in [-0.3, -0.25) is 14.9 Å². The summed E-state index contributed by atoms with van der Waals surface area (Å²) >= 11 is 0. The van der Waals surface area contributed by atoms with Crippen molar-refractivity contribution in [3.05, 3.63) is 48.6 Å². The number of carbonyl (C=O) groups is 2. The zero-order valence-corrected chi connectivity index (χ0v) is 19.0. The molecule has 0 bridgehead atoms. The van der Waals surface area contributed by atoms with Crippen molar-refractivity contribution >= 4 is 11.8 Å². The van der Waals surface area contributed by atoms with E-state index in [1.165, 1.54) is 11.6 Å². The van der Waals surface area contributed by atoms with Gasteiger partial charge in [-0.15, -0.1) is 6.58 Å². The van der Waals surface area contributed by atoms with Crippen LogP contribution in [0.3, 0.4) is 0 Å². The lowest BCUT2D eigenvalue weighted by Gasteiger charge is -2.35. The van der Waals surface area contributed by atoms with Gasteiger partial charge in [-0.25, -0.2) is 0 Å². The number of aliphatic hydroxyl groups excluding tert-OH is 1. The van der Waals surface area contributed by atoms with Gasteiger partial charge in [0.05, 0.1) is 12.1 Å². The molecule has 0 aromatic heterocycles. The molecule has 1 fully saturated rings. The smallest absolute Gasteiger partial charge is 0.240 e. The van der Waals surface area contributed by atoms with Crippen LogP contribution in [0, 0.1) is 5.92 Å². The molecule has 2 amide bonds.